The molecule has 3 aromatic rings. The van der Waals surface area contributed by atoms with Crippen LogP contribution in [-0.4, -0.2) is 41.7 Å². The van der Waals surface area contributed by atoms with Crippen LogP contribution in [0.2, 0.25) is 0 Å². The number of hydrogen-bond donors (Lipinski definition) is 1. The predicted octanol–water partition coefficient (Wildman–Crippen LogP) is 3.33. The molecule has 0 bridgehead atoms. The van der Waals surface area contributed by atoms with Crippen LogP contribution in [0, 0.1) is 0 Å². The van der Waals surface area contributed by atoms with Gasteiger partial charge in [-0.2, -0.15) is 8.78 Å². The lowest BCUT2D eigenvalue weighted by Crippen LogP contribution is -2.44. The van der Waals surface area contributed by atoms with E-state index in [-0.39, 0.29) is 27.9 Å². The van der Waals surface area contributed by atoms with Crippen LogP contribution >= 0.6 is 0 Å². The van der Waals surface area contributed by atoms with Crippen molar-refractivity contribution in [2.75, 3.05) is 12.9 Å². The zero-order valence-electron chi connectivity index (χ0n) is 17.7. The Hall–Kier alpha value is -3.26. The van der Waals surface area contributed by atoms with Crippen LogP contribution in [0.3, 0.4) is 0 Å². The summed E-state index contributed by atoms with van der Waals surface area (Å²) in [6.07, 6.45) is 1.90. The Bertz CT molecular complexity index is 1520. The van der Waals surface area contributed by atoms with Gasteiger partial charge in [-0.3, -0.25) is 4.57 Å². The van der Waals surface area contributed by atoms with Gasteiger partial charge < -0.3 is 4.52 Å². The van der Waals surface area contributed by atoms with E-state index >= 15 is 0 Å². The van der Waals surface area contributed by atoms with Crippen LogP contribution in [0.4, 0.5) is 22.0 Å². The molecule has 0 spiro atoms. The first-order chi connectivity index (χ1) is 15.8. The average molecular weight is 504 g/mol. The number of imidazole rings is 1. The van der Waals surface area contributed by atoms with E-state index in [0.29, 0.717) is 10.6 Å². The van der Waals surface area contributed by atoms with Crippen LogP contribution in [-0.2, 0) is 22.5 Å². The third-order valence-corrected chi connectivity index (χ3v) is 6.07. The summed E-state index contributed by atoms with van der Waals surface area (Å²) in [6, 6.07) is 2.46. The SMILES string of the molecule is C/C(=C(F)\C=C(\F)CF)c1cccc2onc(-n3cc4n(c3=O)C[C@@H](NS(C)(=O)=O)C4(F)F)c12. The number of sulfonamides is 1. The quantitative estimate of drug-likeness (QED) is 0.410. The van der Waals surface area contributed by atoms with Crippen molar-refractivity contribution < 1.29 is 34.9 Å². The van der Waals surface area contributed by atoms with Crippen molar-refractivity contribution >= 4 is 26.6 Å². The van der Waals surface area contributed by atoms with E-state index in [9.17, 15) is 35.2 Å². The molecule has 0 saturated heterocycles. The summed E-state index contributed by atoms with van der Waals surface area (Å²) in [5.41, 5.74) is -1.66. The fraction of sp³-hybridized carbons (Fsp3) is 0.300. The highest BCUT2D eigenvalue weighted by Crippen LogP contribution is 2.39. The molecule has 0 fully saturated rings. The number of aromatic nitrogens is 3. The maximum absolute atomic E-state index is 14.9. The molecular weight excluding hydrogens is 487 g/mol. The Labute approximate surface area is 189 Å². The molecule has 0 saturated carbocycles. The largest absolute Gasteiger partial charge is 0.354 e. The van der Waals surface area contributed by atoms with E-state index < -0.39 is 58.2 Å². The summed E-state index contributed by atoms with van der Waals surface area (Å²) < 4.78 is 101. The molecule has 0 radical (unpaired) electrons. The molecular formula is C20H17F5N4O4S. The lowest BCUT2D eigenvalue weighted by atomic mass is 10.0. The van der Waals surface area contributed by atoms with Gasteiger partial charge in [0.2, 0.25) is 10.0 Å². The van der Waals surface area contributed by atoms with Gasteiger partial charge in [0, 0.05) is 12.3 Å². The second-order valence-corrected chi connectivity index (χ2v) is 9.51. The summed E-state index contributed by atoms with van der Waals surface area (Å²) >= 11 is 0. The van der Waals surface area contributed by atoms with Crippen molar-refractivity contribution in [3.63, 3.8) is 0 Å². The second kappa shape index (κ2) is 8.20. The van der Waals surface area contributed by atoms with Crippen molar-refractivity contribution in [1.82, 2.24) is 19.0 Å². The standard InChI is InChI=1S/C20H17F5N4O4S/c1-10(13(23)6-11(22)7-21)12-4-3-5-14-17(12)18(26-33-14)29-9-16-20(24,25)15(27-34(2,31)32)8-28(16)19(29)30/h3-6,9,15,27H,7-8H2,1-2H3/b11-6+,13-10-/t15-/m1/s1. The first-order valence-electron chi connectivity index (χ1n) is 9.70. The highest BCUT2D eigenvalue weighted by atomic mass is 32.2. The molecule has 1 aromatic carbocycles. The molecule has 0 unspecified atom stereocenters. The molecule has 8 nitrogen and oxygen atoms in total. The number of halogens is 5. The maximum Gasteiger partial charge on any atom is 0.334 e. The number of nitrogens with zero attached hydrogens (tertiary/aromatic N) is 3. The van der Waals surface area contributed by atoms with Crippen LogP contribution in [0.25, 0.3) is 22.4 Å². The van der Waals surface area contributed by atoms with Crippen molar-refractivity contribution in [3.05, 3.63) is 63.9 Å². The zero-order valence-corrected chi connectivity index (χ0v) is 18.5. The van der Waals surface area contributed by atoms with Crippen LogP contribution in [0.5, 0.6) is 0 Å². The predicted molar refractivity (Wildman–Crippen MR) is 112 cm³/mol. The lowest BCUT2D eigenvalue weighted by molar-refractivity contribution is -0.0248. The Morgan fingerprint density at radius 1 is 1.35 bits per heavy atom. The molecule has 34 heavy (non-hydrogen) atoms. The van der Waals surface area contributed by atoms with E-state index in [2.05, 4.69) is 5.16 Å². The molecule has 1 aliphatic rings. The van der Waals surface area contributed by atoms with Crippen molar-refractivity contribution in [2.45, 2.75) is 25.4 Å². The van der Waals surface area contributed by atoms with Crippen molar-refractivity contribution in [1.29, 1.82) is 0 Å². The Kier molecular flexibility index (Phi) is 5.76. The molecule has 14 heteroatoms. The van der Waals surface area contributed by atoms with Gasteiger partial charge in [-0.05, 0) is 24.1 Å². The molecule has 1 atom stereocenters. The molecule has 0 amide bonds. The number of nitrogens with one attached hydrogen (secondary N) is 1. The normalized spacial score (nSPS) is 18.9. The Morgan fingerprint density at radius 2 is 2.06 bits per heavy atom. The number of allylic oxidation sites excluding steroid dienone is 4. The minimum absolute atomic E-state index is 0.0738. The summed E-state index contributed by atoms with van der Waals surface area (Å²) in [5, 5.41) is 3.84. The first-order valence-corrected chi connectivity index (χ1v) is 11.6. The lowest BCUT2D eigenvalue weighted by Gasteiger charge is -2.18. The van der Waals surface area contributed by atoms with E-state index in [1.165, 1.54) is 25.1 Å². The van der Waals surface area contributed by atoms with Gasteiger partial charge in [0.25, 0.3) is 0 Å². The molecule has 182 valence electrons. The van der Waals surface area contributed by atoms with E-state index in [0.717, 1.165) is 17.0 Å². The van der Waals surface area contributed by atoms with Gasteiger partial charge in [-0.1, -0.05) is 17.3 Å². The number of benzene rings is 1. The minimum Gasteiger partial charge on any atom is -0.354 e. The van der Waals surface area contributed by atoms with Crippen LogP contribution < -0.4 is 10.4 Å². The second-order valence-electron chi connectivity index (χ2n) is 7.73. The van der Waals surface area contributed by atoms with Gasteiger partial charge in [0.1, 0.15) is 30.1 Å². The average Bonchev–Trinajstić information content (AvgIpc) is 3.39. The highest BCUT2D eigenvalue weighted by Gasteiger charge is 2.52. The van der Waals surface area contributed by atoms with Gasteiger partial charge in [-0.25, -0.2) is 35.7 Å². The monoisotopic (exact) mass is 504 g/mol. The van der Waals surface area contributed by atoms with Gasteiger partial charge in [-0.15, -0.1) is 0 Å². The molecule has 4 rings (SSSR count). The minimum atomic E-state index is -3.98. The first kappa shape index (κ1) is 23.9. The molecule has 0 aliphatic carbocycles. The van der Waals surface area contributed by atoms with Gasteiger partial charge in [0.05, 0.1) is 18.2 Å². The van der Waals surface area contributed by atoms with E-state index in [1.54, 1.807) is 0 Å². The Balaban J connectivity index is 1.87. The van der Waals surface area contributed by atoms with Crippen LogP contribution in [0.15, 0.2) is 51.4 Å². The topological polar surface area (TPSA) is 99.1 Å². The smallest absolute Gasteiger partial charge is 0.334 e. The van der Waals surface area contributed by atoms with E-state index in [4.69, 9.17) is 4.52 Å². The summed E-state index contributed by atoms with van der Waals surface area (Å²) in [7, 11) is -3.98. The third-order valence-electron chi connectivity index (χ3n) is 5.36. The number of hydrogen-bond acceptors (Lipinski definition) is 5. The summed E-state index contributed by atoms with van der Waals surface area (Å²) in [4.78, 5) is 12.9. The summed E-state index contributed by atoms with van der Waals surface area (Å²) in [5.74, 6) is -6.38. The fourth-order valence-corrected chi connectivity index (χ4v) is 4.53. The Morgan fingerprint density at radius 3 is 2.68 bits per heavy atom. The van der Waals surface area contributed by atoms with Crippen LogP contribution in [0.1, 0.15) is 18.2 Å². The molecule has 2 aromatic heterocycles. The number of rotatable bonds is 6. The zero-order chi connectivity index (χ0) is 25.0. The number of fused-ring (bicyclic) bond motifs is 2. The number of alkyl halides is 3. The van der Waals surface area contributed by atoms with Crippen molar-refractivity contribution in [2.24, 2.45) is 0 Å². The molecule has 1 aliphatic heterocycles. The van der Waals surface area contributed by atoms with Gasteiger partial charge >= 0.3 is 11.6 Å². The van der Waals surface area contributed by atoms with E-state index in [1.807, 2.05) is 4.72 Å². The van der Waals surface area contributed by atoms with Crippen molar-refractivity contribution in [3.8, 4) is 5.82 Å². The van der Waals surface area contributed by atoms with Gasteiger partial charge in [0.15, 0.2) is 11.4 Å². The fourth-order valence-electron chi connectivity index (χ4n) is 3.79. The summed E-state index contributed by atoms with van der Waals surface area (Å²) in [6.45, 7) is -0.857. The molecule has 1 N–H and O–H groups in total. The highest BCUT2D eigenvalue weighted by molar-refractivity contribution is 7.88. The molecule has 3 heterocycles. The maximum atomic E-state index is 14.9. The third kappa shape index (κ3) is 3.96.